The van der Waals surface area contributed by atoms with E-state index in [4.69, 9.17) is 9.47 Å². The van der Waals surface area contributed by atoms with Crippen LogP contribution in [0, 0.1) is 0 Å². The first-order chi connectivity index (χ1) is 6.72. The minimum atomic E-state index is -0.597. The van der Waals surface area contributed by atoms with Gasteiger partial charge < -0.3 is 9.47 Å². The van der Waals surface area contributed by atoms with Gasteiger partial charge in [-0.25, -0.2) is 0 Å². The summed E-state index contributed by atoms with van der Waals surface area (Å²) in [5.74, 6) is 0.117. The molecule has 4 heteroatoms. The smallest absolute Gasteiger partial charge is 0.275 e. The summed E-state index contributed by atoms with van der Waals surface area (Å²) in [5.41, 5.74) is -1.69. The summed E-state index contributed by atoms with van der Waals surface area (Å²) in [6, 6.07) is 0. The van der Waals surface area contributed by atoms with Crippen molar-refractivity contribution in [3.63, 3.8) is 0 Å². The molecule has 0 unspecified atom stereocenters. The topological polar surface area (TPSA) is 52.6 Å². The molecule has 0 amide bonds. The van der Waals surface area contributed by atoms with Crippen LogP contribution in [0.15, 0.2) is 9.59 Å². The molecule has 0 saturated carbocycles. The van der Waals surface area contributed by atoms with E-state index >= 15 is 0 Å². The normalized spacial score (nSPS) is 12.1. The highest BCUT2D eigenvalue weighted by Gasteiger charge is 2.28. The van der Waals surface area contributed by atoms with Gasteiger partial charge in [0.15, 0.2) is 0 Å². The van der Waals surface area contributed by atoms with Crippen LogP contribution in [0.2, 0.25) is 0 Å². The average Bonchev–Trinajstić information content (AvgIpc) is 2.08. The lowest BCUT2D eigenvalue weighted by atomic mass is 10.1. The monoisotopic (exact) mass is 212 g/mol. The standard InChI is InChI=1S/C11H16O4/c1-6(2)14-9-7(12)8(13)10(9)15-11(3,4)5/h6H,1-5H3. The van der Waals surface area contributed by atoms with Crippen LogP contribution in [0.4, 0.5) is 0 Å². The van der Waals surface area contributed by atoms with Crippen LogP contribution < -0.4 is 20.3 Å². The Morgan fingerprint density at radius 2 is 1.47 bits per heavy atom. The van der Waals surface area contributed by atoms with Crippen molar-refractivity contribution in [3.8, 4) is 11.5 Å². The van der Waals surface area contributed by atoms with E-state index in [0.29, 0.717) is 0 Å². The zero-order chi connectivity index (χ0) is 11.8. The van der Waals surface area contributed by atoms with E-state index in [2.05, 4.69) is 0 Å². The van der Waals surface area contributed by atoms with Crippen molar-refractivity contribution in [2.45, 2.75) is 46.3 Å². The molecule has 0 aliphatic heterocycles. The lowest BCUT2D eigenvalue weighted by molar-refractivity contribution is 0.113. The molecule has 0 fully saturated rings. The Morgan fingerprint density at radius 1 is 1.00 bits per heavy atom. The third-order valence-corrected chi connectivity index (χ3v) is 1.59. The van der Waals surface area contributed by atoms with Crippen molar-refractivity contribution in [3.05, 3.63) is 20.4 Å². The van der Waals surface area contributed by atoms with E-state index in [0.717, 1.165) is 0 Å². The van der Waals surface area contributed by atoms with Gasteiger partial charge in [0.25, 0.3) is 10.9 Å². The van der Waals surface area contributed by atoms with E-state index in [9.17, 15) is 9.59 Å². The van der Waals surface area contributed by atoms with Gasteiger partial charge in [-0.3, -0.25) is 9.59 Å². The predicted molar refractivity (Wildman–Crippen MR) is 57.5 cm³/mol. The molecular formula is C11H16O4. The summed E-state index contributed by atoms with van der Waals surface area (Å²) in [5, 5.41) is 0. The second-order valence-corrected chi connectivity index (χ2v) is 4.70. The van der Waals surface area contributed by atoms with Crippen molar-refractivity contribution in [2.75, 3.05) is 0 Å². The highest BCUT2D eigenvalue weighted by molar-refractivity contribution is 5.46. The molecule has 1 rings (SSSR count). The molecule has 15 heavy (non-hydrogen) atoms. The fraction of sp³-hybridized carbons (Fsp3) is 0.636. The Bertz CT molecular complexity index is 416. The number of rotatable bonds is 3. The Balaban J connectivity index is 2.95. The maximum absolute atomic E-state index is 11.2. The van der Waals surface area contributed by atoms with Crippen molar-refractivity contribution >= 4 is 0 Å². The molecule has 0 spiro atoms. The van der Waals surface area contributed by atoms with E-state index in [1.54, 1.807) is 13.8 Å². The van der Waals surface area contributed by atoms with Gasteiger partial charge >= 0.3 is 0 Å². The molecule has 4 nitrogen and oxygen atoms in total. The lowest BCUT2D eigenvalue weighted by Crippen LogP contribution is -2.39. The van der Waals surface area contributed by atoms with Crippen molar-refractivity contribution in [1.29, 1.82) is 0 Å². The molecule has 84 valence electrons. The van der Waals surface area contributed by atoms with Crippen molar-refractivity contribution in [1.82, 2.24) is 0 Å². The molecule has 0 atom stereocenters. The Hall–Kier alpha value is -1.32. The van der Waals surface area contributed by atoms with Gasteiger partial charge in [-0.05, 0) is 34.6 Å². The van der Waals surface area contributed by atoms with Gasteiger partial charge in [0, 0.05) is 0 Å². The zero-order valence-corrected chi connectivity index (χ0v) is 9.71. The molecular weight excluding hydrogens is 196 g/mol. The fourth-order valence-corrected chi connectivity index (χ4v) is 1.09. The van der Waals surface area contributed by atoms with Crippen molar-refractivity contribution in [2.24, 2.45) is 0 Å². The highest BCUT2D eigenvalue weighted by atomic mass is 16.5. The summed E-state index contributed by atoms with van der Waals surface area (Å²) < 4.78 is 10.6. The van der Waals surface area contributed by atoms with E-state index < -0.39 is 16.5 Å². The zero-order valence-electron chi connectivity index (χ0n) is 9.71. The van der Waals surface area contributed by atoms with Crippen LogP contribution in [0.3, 0.4) is 0 Å². The first-order valence-corrected chi connectivity index (χ1v) is 4.91. The van der Waals surface area contributed by atoms with Gasteiger partial charge in [0.05, 0.1) is 6.10 Å². The maximum Gasteiger partial charge on any atom is 0.275 e. The van der Waals surface area contributed by atoms with Crippen LogP contribution >= 0.6 is 0 Å². The fourth-order valence-electron chi connectivity index (χ4n) is 1.09. The van der Waals surface area contributed by atoms with Crippen LogP contribution in [-0.2, 0) is 0 Å². The molecule has 0 aliphatic carbocycles. The first-order valence-electron chi connectivity index (χ1n) is 4.91. The minimum absolute atomic E-state index is 0.0567. The molecule has 1 aromatic carbocycles. The van der Waals surface area contributed by atoms with Gasteiger partial charge in [-0.15, -0.1) is 0 Å². The van der Waals surface area contributed by atoms with Crippen LogP contribution in [0.1, 0.15) is 34.6 Å². The van der Waals surface area contributed by atoms with Crippen LogP contribution in [0.25, 0.3) is 0 Å². The van der Waals surface area contributed by atoms with Crippen LogP contribution in [0.5, 0.6) is 11.5 Å². The highest BCUT2D eigenvalue weighted by Crippen LogP contribution is 2.25. The van der Waals surface area contributed by atoms with E-state index in [1.807, 2.05) is 20.8 Å². The van der Waals surface area contributed by atoms with E-state index in [-0.39, 0.29) is 17.6 Å². The Labute approximate surface area is 88.5 Å². The SMILES string of the molecule is CC(C)Oc1c(OC(C)(C)C)c(=O)c1=O. The minimum Gasteiger partial charge on any atom is -0.483 e. The summed E-state index contributed by atoms with van der Waals surface area (Å²) >= 11 is 0. The van der Waals surface area contributed by atoms with E-state index in [1.165, 1.54) is 0 Å². The second-order valence-electron chi connectivity index (χ2n) is 4.70. The Morgan fingerprint density at radius 3 is 1.87 bits per heavy atom. The molecule has 1 aromatic rings. The molecule has 0 bridgehead atoms. The summed E-state index contributed by atoms with van der Waals surface area (Å²) in [7, 11) is 0. The predicted octanol–water partition coefficient (Wildman–Crippen LogP) is 1.25. The molecule has 0 saturated heterocycles. The van der Waals surface area contributed by atoms with Crippen LogP contribution in [-0.4, -0.2) is 11.7 Å². The number of hydrogen-bond donors (Lipinski definition) is 0. The third kappa shape index (κ3) is 2.58. The summed E-state index contributed by atoms with van der Waals surface area (Å²) in [6.45, 7) is 9.00. The molecule has 0 N–H and O–H groups in total. The maximum atomic E-state index is 11.2. The second kappa shape index (κ2) is 3.68. The summed E-state index contributed by atoms with van der Waals surface area (Å²) in [6.07, 6.45) is -0.143. The largest absolute Gasteiger partial charge is 0.483 e. The molecule has 0 heterocycles. The third-order valence-electron chi connectivity index (χ3n) is 1.59. The number of hydrogen-bond acceptors (Lipinski definition) is 4. The van der Waals surface area contributed by atoms with Gasteiger partial charge in [0.2, 0.25) is 11.5 Å². The summed E-state index contributed by atoms with van der Waals surface area (Å²) in [4.78, 5) is 22.4. The first kappa shape index (κ1) is 11.8. The lowest BCUT2D eigenvalue weighted by Gasteiger charge is -2.24. The average molecular weight is 212 g/mol. The molecule has 0 aliphatic rings. The van der Waals surface area contributed by atoms with Gasteiger partial charge in [0.1, 0.15) is 5.60 Å². The van der Waals surface area contributed by atoms with Gasteiger partial charge in [-0.1, -0.05) is 0 Å². The molecule has 0 radical (unpaired) electrons. The van der Waals surface area contributed by atoms with Crippen molar-refractivity contribution < 1.29 is 9.47 Å². The Kier molecular flexibility index (Phi) is 2.88. The molecule has 0 aromatic heterocycles. The number of ether oxygens (including phenoxy) is 2. The van der Waals surface area contributed by atoms with Gasteiger partial charge in [-0.2, -0.15) is 0 Å². The quantitative estimate of drug-likeness (QED) is 0.707.